The Kier molecular flexibility index (Phi) is 7.64. The molecule has 4 atom stereocenters. The van der Waals surface area contributed by atoms with E-state index in [1.54, 1.807) is 11.0 Å². The van der Waals surface area contributed by atoms with E-state index in [0.29, 0.717) is 30.5 Å². The molecule has 1 amide bonds. The molecule has 1 saturated heterocycles. The first-order chi connectivity index (χ1) is 19.3. The summed E-state index contributed by atoms with van der Waals surface area (Å²) >= 11 is 6.35. The van der Waals surface area contributed by atoms with Gasteiger partial charge in [0.2, 0.25) is 0 Å². The number of benzene rings is 1. The second-order valence-corrected chi connectivity index (χ2v) is 12.1. The lowest BCUT2D eigenvalue weighted by Gasteiger charge is -2.39. The monoisotopic (exact) mass is 565 g/mol. The standard InChI is InChI=1S/C32H37ClFN3O3/c1-32(15-12-23(34)13-16-32)40-31(38)37-18-14-26-27-19-22(33)8-11-28(27)35-29(26)30(37)21-6-9-25(10-7-21)39-20-24-5-3-4-17-36(24)2/h6-9,11-13,15,19,24-25,30,35H,3-5,10,14,16-18,20H2,1-2H3/t24?,25?,30-,32?/m0/s1. The third kappa shape index (κ3) is 5.52. The minimum atomic E-state index is -0.895. The molecule has 2 aliphatic carbocycles. The second-order valence-electron chi connectivity index (χ2n) is 11.7. The first-order valence-electron chi connectivity index (χ1n) is 14.3. The van der Waals surface area contributed by atoms with Crippen LogP contribution in [-0.2, 0) is 15.9 Å². The van der Waals surface area contributed by atoms with Crippen molar-refractivity contribution in [1.29, 1.82) is 0 Å². The summed E-state index contributed by atoms with van der Waals surface area (Å²) in [5.41, 5.74) is 3.28. The van der Waals surface area contributed by atoms with Crippen LogP contribution in [0.1, 0.15) is 56.3 Å². The second kappa shape index (κ2) is 11.2. The maximum absolute atomic E-state index is 13.7. The van der Waals surface area contributed by atoms with Crippen LogP contribution < -0.4 is 0 Å². The molecule has 1 fully saturated rings. The molecular weight excluding hydrogens is 529 g/mol. The number of fused-ring (bicyclic) bond motifs is 3. The van der Waals surface area contributed by atoms with Crippen LogP contribution in [0, 0.1) is 0 Å². The highest BCUT2D eigenvalue weighted by Gasteiger charge is 2.39. The van der Waals surface area contributed by atoms with E-state index in [1.807, 2.05) is 25.1 Å². The highest BCUT2D eigenvalue weighted by Crippen LogP contribution is 2.41. The number of carbonyl (C=O) groups is 1. The number of likely N-dealkylation sites (N-methyl/N-ethyl adjacent to an activating group) is 1. The number of H-pyrrole nitrogens is 1. The van der Waals surface area contributed by atoms with Gasteiger partial charge in [0, 0.05) is 40.6 Å². The van der Waals surface area contributed by atoms with Gasteiger partial charge in [-0.2, -0.15) is 0 Å². The number of nitrogens with one attached hydrogen (secondary N) is 1. The number of piperidine rings is 1. The number of ether oxygens (including phenoxy) is 2. The summed E-state index contributed by atoms with van der Waals surface area (Å²) < 4.78 is 25.9. The van der Waals surface area contributed by atoms with Crippen molar-refractivity contribution in [3.8, 4) is 0 Å². The van der Waals surface area contributed by atoms with Gasteiger partial charge in [0.25, 0.3) is 0 Å². The molecule has 1 aromatic heterocycles. The van der Waals surface area contributed by atoms with Crippen LogP contribution in [0.4, 0.5) is 9.18 Å². The van der Waals surface area contributed by atoms with Crippen LogP contribution in [0.2, 0.25) is 5.02 Å². The fourth-order valence-electron chi connectivity index (χ4n) is 6.36. The highest BCUT2D eigenvalue weighted by atomic mass is 35.5. The largest absolute Gasteiger partial charge is 0.438 e. The predicted octanol–water partition coefficient (Wildman–Crippen LogP) is 7.18. The van der Waals surface area contributed by atoms with E-state index in [2.05, 4.69) is 35.2 Å². The molecule has 3 heterocycles. The first kappa shape index (κ1) is 27.3. The van der Waals surface area contributed by atoms with Gasteiger partial charge in [0.1, 0.15) is 17.5 Å². The van der Waals surface area contributed by atoms with E-state index < -0.39 is 11.7 Å². The van der Waals surface area contributed by atoms with E-state index in [-0.39, 0.29) is 18.0 Å². The fourth-order valence-corrected chi connectivity index (χ4v) is 6.54. The summed E-state index contributed by atoms with van der Waals surface area (Å²) in [4.78, 5) is 21.5. The number of hydrogen-bond donors (Lipinski definition) is 1. The quantitative estimate of drug-likeness (QED) is 0.417. The van der Waals surface area contributed by atoms with Crippen LogP contribution >= 0.6 is 11.6 Å². The van der Waals surface area contributed by atoms with Crippen molar-refractivity contribution in [3.63, 3.8) is 0 Å². The maximum Gasteiger partial charge on any atom is 0.411 e. The van der Waals surface area contributed by atoms with Crippen LogP contribution in [-0.4, -0.2) is 65.4 Å². The summed E-state index contributed by atoms with van der Waals surface area (Å²) in [6.07, 6.45) is 15.9. The molecule has 0 radical (unpaired) electrons. The van der Waals surface area contributed by atoms with Gasteiger partial charge in [-0.25, -0.2) is 9.18 Å². The Morgan fingerprint density at radius 3 is 2.85 bits per heavy atom. The Labute approximate surface area is 240 Å². The molecule has 0 spiro atoms. The number of aromatic nitrogens is 1. The minimum Gasteiger partial charge on any atom is -0.438 e. The first-order valence-corrected chi connectivity index (χ1v) is 14.7. The van der Waals surface area contributed by atoms with Gasteiger partial charge in [-0.1, -0.05) is 36.2 Å². The third-order valence-corrected chi connectivity index (χ3v) is 9.01. The number of likely N-dealkylation sites (tertiary alicyclic amines) is 1. The lowest BCUT2D eigenvalue weighted by atomic mass is 9.89. The average Bonchev–Trinajstić information content (AvgIpc) is 3.32. The zero-order valence-corrected chi connectivity index (χ0v) is 23.9. The molecule has 40 heavy (non-hydrogen) atoms. The van der Waals surface area contributed by atoms with Crippen molar-refractivity contribution in [1.82, 2.24) is 14.8 Å². The van der Waals surface area contributed by atoms with Crippen LogP contribution in [0.3, 0.4) is 0 Å². The molecule has 6 rings (SSSR count). The lowest BCUT2D eigenvalue weighted by Crippen LogP contribution is -2.44. The third-order valence-electron chi connectivity index (χ3n) is 8.77. The number of hydrogen-bond acceptors (Lipinski definition) is 4. The van der Waals surface area contributed by atoms with Crippen molar-refractivity contribution in [3.05, 3.63) is 82.3 Å². The van der Waals surface area contributed by atoms with Crippen molar-refractivity contribution in [2.75, 3.05) is 26.7 Å². The normalized spacial score (nSPS) is 28.8. The Hall–Kier alpha value is -2.87. The number of allylic oxidation sites excluding steroid dienone is 2. The van der Waals surface area contributed by atoms with Gasteiger partial charge < -0.3 is 19.4 Å². The van der Waals surface area contributed by atoms with Gasteiger partial charge in [-0.15, -0.1) is 0 Å². The average molecular weight is 566 g/mol. The van der Waals surface area contributed by atoms with Crippen molar-refractivity contribution in [2.45, 2.75) is 69.2 Å². The summed E-state index contributed by atoms with van der Waals surface area (Å²) in [5.74, 6) is -0.310. The maximum atomic E-state index is 13.7. The SMILES string of the molecule is CN1CCCCC1COC1C=CC([C@H]2c3[nH]c4ccc(Cl)cc4c3CCN2C(=O)OC2(C)C=CC(F)=CC2)=CC1. The molecule has 3 unspecified atom stereocenters. The molecular formula is C32H37ClFN3O3. The zero-order chi connectivity index (χ0) is 27.9. The van der Waals surface area contributed by atoms with Gasteiger partial charge in [-0.05, 0) is 93.8 Å². The molecule has 2 aromatic rings. The minimum absolute atomic E-state index is 0.0111. The molecule has 6 nitrogen and oxygen atoms in total. The number of amides is 1. The summed E-state index contributed by atoms with van der Waals surface area (Å²) in [5, 5.41) is 1.77. The molecule has 1 aromatic carbocycles. The molecule has 0 saturated carbocycles. The zero-order valence-electron chi connectivity index (χ0n) is 23.2. The number of rotatable bonds is 5. The number of halogens is 2. The van der Waals surface area contributed by atoms with Crippen LogP contribution in [0.15, 0.2) is 66.1 Å². The Balaban J connectivity index is 1.25. The van der Waals surface area contributed by atoms with Crippen molar-refractivity contribution in [2.24, 2.45) is 0 Å². The Morgan fingerprint density at radius 2 is 2.10 bits per heavy atom. The predicted molar refractivity (Wildman–Crippen MR) is 156 cm³/mol. The molecule has 8 heteroatoms. The van der Waals surface area contributed by atoms with Crippen LogP contribution in [0.5, 0.6) is 0 Å². The van der Waals surface area contributed by atoms with Crippen molar-refractivity contribution < 1.29 is 18.7 Å². The van der Waals surface area contributed by atoms with E-state index in [4.69, 9.17) is 21.1 Å². The van der Waals surface area contributed by atoms with E-state index in [0.717, 1.165) is 41.7 Å². The van der Waals surface area contributed by atoms with E-state index in [9.17, 15) is 9.18 Å². The topological polar surface area (TPSA) is 57.8 Å². The molecule has 2 aliphatic heterocycles. The smallest absolute Gasteiger partial charge is 0.411 e. The molecule has 0 bridgehead atoms. The van der Waals surface area contributed by atoms with Crippen molar-refractivity contribution >= 4 is 28.6 Å². The highest BCUT2D eigenvalue weighted by molar-refractivity contribution is 6.31. The summed E-state index contributed by atoms with van der Waals surface area (Å²) in [6.45, 7) is 4.17. The fraction of sp³-hybridized carbons (Fsp3) is 0.469. The number of nitrogens with zero attached hydrogens (tertiary/aromatic N) is 2. The number of carbonyl (C=O) groups excluding carboxylic acids is 1. The van der Waals surface area contributed by atoms with E-state index in [1.165, 1.54) is 37.0 Å². The van der Waals surface area contributed by atoms with Gasteiger partial charge in [0.15, 0.2) is 0 Å². The molecule has 212 valence electrons. The van der Waals surface area contributed by atoms with Gasteiger partial charge >= 0.3 is 6.09 Å². The van der Waals surface area contributed by atoms with Gasteiger partial charge in [0.05, 0.1) is 12.7 Å². The molecule has 1 N–H and O–H groups in total. The van der Waals surface area contributed by atoms with Gasteiger partial charge in [-0.3, -0.25) is 4.90 Å². The Morgan fingerprint density at radius 1 is 1.23 bits per heavy atom. The summed E-state index contributed by atoms with van der Waals surface area (Å²) in [6, 6.07) is 5.98. The Bertz CT molecular complexity index is 1410. The molecule has 4 aliphatic rings. The summed E-state index contributed by atoms with van der Waals surface area (Å²) in [7, 11) is 2.18. The lowest BCUT2D eigenvalue weighted by molar-refractivity contribution is 0.0216. The number of aromatic amines is 1. The van der Waals surface area contributed by atoms with E-state index >= 15 is 0 Å². The van der Waals surface area contributed by atoms with Crippen LogP contribution in [0.25, 0.3) is 10.9 Å².